The first-order valence-electron chi connectivity index (χ1n) is 8.61. The predicted molar refractivity (Wildman–Crippen MR) is 98.0 cm³/mol. The quantitative estimate of drug-likeness (QED) is 0.805. The van der Waals surface area contributed by atoms with E-state index in [1.54, 1.807) is 0 Å². The molecule has 0 spiro atoms. The van der Waals surface area contributed by atoms with Crippen LogP contribution in [-0.2, 0) is 11.3 Å². The molecule has 23 heavy (non-hydrogen) atoms. The summed E-state index contributed by atoms with van der Waals surface area (Å²) in [5.74, 6) is 3.33. The van der Waals surface area contributed by atoms with Crippen LogP contribution in [0.3, 0.4) is 0 Å². The van der Waals surface area contributed by atoms with Crippen LogP contribution in [0, 0.1) is 12.8 Å². The number of anilines is 1. The first-order chi connectivity index (χ1) is 11.2. The lowest BCUT2D eigenvalue weighted by Gasteiger charge is -2.26. The molecule has 3 rings (SSSR count). The van der Waals surface area contributed by atoms with E-state index in [-0.39, 0.29) is 5.91 Å². The normalized spacial score (nSPS) is 18.8. The van der Waals surface area contributed by atoms with Crippen molar-refractivity contribution in [2.24, 2.45) is 5.92 Å². The van der Waals surface area contributed by atoms with Crippen molar-refractivity contribution < 1.29 is 4.79 Å². The monoisotopic (exact) mass is 333 g/mol. The number of aryl methyl sites for hydroxylation is 1. The Morgan fingerprint density at radius 1 is 1.30 bits per heavy atom. The highest BCUT2D eigenvalue weighted by Crippen LogP contribution is 2.27. The van der Waals surface area contributed by atoms with Gasteiger partial charge < -0.3 is 10.6 Å². The van der Waals surface area contributed by atoms with Crippen LogP contribution < -0.4 is 10.6 Å². The fourth-order valence-electron chi connectivity index (χ4n) is 2.89. The first kappa shape index (κ1) is 16.8. The zero-order valence-corrected chi connectivity index (χ0v) is 14.8. The van der Waals surface area contributed by atoms with Crippen LogP contribution in [0.2, 0.25) is 0 Å². The second-order valence-corrected chi connectivity index (χ2v) is 7.88. The third-order valence-corrected chi connectivity index (χ3v) is 5.43. The molecule has 0 atom stereocenters. The van der Waals surface area contributed by atoms with Gasteiger partial charge in [0.2, 0.25) is 5.91 Å². The number of hydrogen-bond acceptors (Lipinski definition) is 4. The average molecular weight is 334 g/mol. The number of nitrogens with one attached hydrogen (secondary N) is 2. The average Bonchev–Trinajstić information content (AvgIpc) is 3.35. The molecule has 0 bridgehead atoms. The minimum atomic E-state index is 0.0505. The molecule has 0 aromatic heterocycles. The molecular weight excluding hydrogens is 306 g/mol. The van der Waals surface area contributed by atoms with Crippen molar-refractivity contribution in [2.45, 2.75) is 26.3 Å². The molecule has 0 radical (unpaired) electrons. The van der Waals surface area contributed by atoms with Crippen molar-refractivity contribution in [3.8, 4) is 0 Å². The lowest BCUT2D eigenvalue weighted by molar-refractivity contribution is -0.115. The summed E-state index contributed by atoms with van der Waals surface area (Å²) in [5.41, 5.74) is 3.41. The van der Waals surface area contributed by atoms with E-state index in [0.29, 0.717) is 6.54 Å². The molecule has 1 amide bonds. The fraction of sp³-hybridized carbons (Fsp3) is 0.611. The molecular formula is C18H27N3OS. The maximum atomic E-state index is 12.0. The van der Waals surface area contributed by atoms with Gasteiger partial charge in [-0.3, -0.25) is 9.69 Å². The Bertz CT molecular complexity index is 539. The van der Waals surface area contributed by atoms with E-state index in [2.05, 4.69) is 34.6 Å². The van der Waals surface area contributed by atoms with Gasteiger partial charge in [0.1, 0.15) is 0 Å². The number of nitrogens with zero attached hydrogens (tertiary/aromatic N) is 1. The Morgan fingerprint density at radius 3 is 2.78 bits per heavy atom. The molecule has 4 nitrogen and oxygen atoms in total. The highest BCUT2D eigenvalue weighted by molar-refractivity contribution is 7.99. The molecule has 2 N–H and O–H groups in total. The zero-order valence-electron chi connectivity index (χ0n) is 13.9. The molecule has 1 aliphatic heterocycles. The Hall–Kier alpha value is -1.04. The summed E-state index contributed by atoms with van der Waals surface area (Å²) in [5, 5.41) is 6.25. The van der Waals surface area contributed by atoms with Gasteiger partial charge in [0.15, 0.2) is 0 Å². The van der Waals surface area contributed by atoms with Crippen LogP contribution in [0.1, 0.15) is 24.0 Å². The summed E-state index contributed by atoms with van der Waals surface area (Å²) < 4.78 is 0. The van der Waals surface area contributed by atoms with Gasteiger partial charge in [-0.15, -0.1) is 0 Å². The van der Waals surface area contributed by atoms with Crippen LogP contribution in [-0.4, -0.2) is 48.5 Å². The Morgan fingerprint density at radius 2 is 2.09 bits per heavy atom. The van der Waals surface area contributed by atoms with Gasteiger partial charge in [-0.05, 0) is 49.4 Å². The van der Waals surface area contributed by atoms with Gasteiger partial charge in [0.05, 0.1) is 6.54 Å². The van der Waals surface area contributed by atoms with Crippen molar-refractivity contribution in [3.05, 3.63) is 29.3 Å². The van der Waals surface area contributed by atoms with Gasteiger partial charge >= 0.3 is 0 Å². The van der Waals surface area contributed by atoms with Crippen molar-refractivity contribution in [2.75, 3.05) is 43.0 Å². The van der Waals surface area contributed by atoms with Gasteiger partial charge in [0, 0.05) is 36.8 Å². The van der Waals surface area contributed by atoms with Crippen molar-refractivity contribution in [1.82, 2.24) is 10.2 Å². The Balaban J connectivity index is 1.48. The number of carbonyl (C=O) groups is 1. The van der Waals surface area contributed by atoms with E-state index in [1.807, 2.05) is 17.8 Å². The maximum absolute atomic E-state index is 12.0. The molecule has 2 fully saturated rings. The highest BCUT2D eigenvalue weighted by atomic mass is 32.2. The first-order valence-corrected chi connectivity index (χ1v) is 9.76. The van der Waals surface area contributed by atoms with E-state index in [9.17, 15) is 4.79 Å². The molecule has 1 aliphatic carbocycles. The third-order valence-electron chi connectivity index (χ3n) is 4.49. The van der Waals surface area contributed by atoms with Crippen molar-refractivity contribution in [1.29, 1.82) is 0 Å². The van der Waals surface area contributed by atoms with E-state index in [1.165, 1.54) is 43.0 Å². The van der Waals surface area contributed by atoms with Gasteiger partial charge in [-0.2, -0.15) is 11.8 Å². The van der Waals surface area contributed by atoms with Crippen LogP contribution in [0.5, 0.6) is 0 Å². The second kappa shape index (κ2) is 8.18. The molecule has 1 aromatic rings. The van der Waals surface area contributed by atoms with Crippen molar-refractivity contribution >= 4 is 23.4 Å². The molecule has 2 aliphatic rings. The van der Waals surface area contributed by atoms with Crippen LogP contribution in [0.25, 0.3) is 0 Å². The highest BCUT2D eigenvalue weighted by Gasteiger charge is 2.20. The minimum Gasteiger partial charge on any atom is -0.325 e. The third kappa shape index (κ3) is 5.52. The van der Waals surface area contributed by atoms with Crippen LogP contribution in [0.15, 0.2) is 18.2 Å². The molecule has 1 saturated carbocycles. The molecule has 1 heterocycles. The number of thioether (sulfide) groups is 1. The number of hydrogen-bond donors (Lipinski definition) is 2. The Kier molecular flexibility index (Phi) is 5.97. The van der Waals surface area contributed by atoms with Crippen LogP contribution >= 0.6 is 11.8 Å². The summed E-state index contributed by atoms with van der Waals surface area (Å²) in [4.78, 5) is 14.5. The second-order valence-electron chi connectivity index (χ2n) is 6.66. The van der Waals surface area contributed by atoms with Crippen molar-refractivity contribution in [3.63, 3.8) is 0 Å². The minimum absolute atomic E-state index is 0.0505. The van der Waals surface area contributed by atoms with Gasteiger partial charge in [-0.1, -0.05) is 12.1 Å². The summed E-state index contributed by atoms with van der Waals surface area (Å²) in [6, 6.07) is 6.39. The van der Waals surface area contributed by atoms with E-state index >= 15 is 0 Å². The summed E-state index contributed by atoms with van der Waals surface area (Å²) in [6.07, 6.45) is 2.62. The standard InChI is InChI=1S/C18H27N3OS/c1-14-10-16(13-21-6-8-23-9-7-21)4-5-17(14)20-18(22)12-19-11-15-2-3-15/h4-5,10,15,19H,2-3,6-9,11-13H2,1H3,(H,20,22). The predicted octanol–water partition coefficient (Wildman–Crippen LogP) is 2.48. The molecule has 126 valence electrons. The van der Waals surface area contributed by atoms with Crippen LogP contribution in [0.4, 0.5) is 5.69 Å². The molecule has 5 heteroatoms. The lowest BCUT2D eigenvalue weighted by Crippen LogP contribution is -2.32. The summed E-state index contributed by atoms with van der Waals surface area (Å²) in [7, 11) is 0. The number of carbonyl (C=O) groups excluding carboxylic acids is 1. The number of rotatable bonds is 7. The smallest absolute Gasteiger partial charge is 0.238 e. The SMILES string of the molecule is Cc1cc(CN2CCSCC2)ccc1NC(=O)CNCC1CC1. The number of amides is 1. The Labute approximate surface area is 143 Å². The largest absolute Gasteiger partial charge is 0.325 e. The lowest BCUT2D eigenvalue weighted by atomic mass is 10.1. The topological polar surface area (TPSA) is 44.4 Å². The van der Waals surface area contributed by atoms with E-state index in [0.717, 1.165) is 30.3 Å². The van der Waals surface area contributed by atoms with Gasteiger partial charge in [0.25, 0.3) is 0 Å². The summed E-state index contributed by atoms with van der Waals surface area (Å²) in [6.45, 7) is 6.81. The number of benzene rings is 1. The van der Waals surface area contributed by atoms with E-state index < -0.39 is 0 Å². The zero-order chi connectivity index (χ0) is 16.1. The fourth-order valence-corrected chi connectivity index (χ4v) is 3.87. The van der Waals surface area contributed by atoms with Gasteiger partial charge in [-0.25, -0.2) is 0 Å². The molecule has 0 unspecified atom stereocenters. The summed E-state index contributed by atoms with van der Waals surface area (Å²) >= 11 is 2.04. The molecule has 1 saturated heterocycles. The molecule has 1 aromatic carbocycles. The maximum Gasteiger partial charge on any atom is 0.238 e. The van der Waals surface area contributed by atoms with E-state index in [4.69, 9.17) is 0 Å².